The van der Waals surface area contributed by atoms with Gasteiger partial charge in [0.1, 0.15) is 24.0 Å². The summed E-state index contributed by atoms with van der Waals surface area (Å²) in [6.07, 6.45) is 2.38. The topological polar surface area (TPSA) is 46.5 Å². The van der Waals surface area contributed by atoms with Crippen molar-refractivity contribution >= 4 is 12.0 Å². The maximum atomic E-state index is 13.1. The van der Waals surface area contributed by atoms with Crippen molar-refractivity contribution in [3.8, 4) is 5.75 Å². The molecule has 0 heterocycles. The number of rotatable bonds is 5. The van der Waals surface area contributed by atoms with Gasteiger partial charge < -0.3 is 9.84 Å². The molecule has 0 atom stereocenters. The molecule has 2 aromatic rings. The van der Waals surface area contributed by atoms with Gasteiger partial charge in [-0.25, -0.2) is 13.6 Å². The van der Waals surface area contributed by atoms with E-state index in [0.717, 1.165) is 12.1 Å². The summed E-state index contributed by atoms with van der Waals surface area (Å²) in [5.74, 6) is -1.99. The fourth-order valence-electron chi connectivity index (χ4n) is 1.77. The predicted molar refractivity (Wildman–Crippen MR) is 73.8 cm³/mol. The Labute approximate surface area is 120 Å². The molecule has 0 unspecified atom stereocenters. The van der Waals surface area contributed by atoms with Crippen LogP contribution in [0.4, 0.5) is 8.78 Å². The van der Waals surface area contributed by atoms with E-state index in [4.69, 9.17) is 9.84 Å². The lowest BCUT2D eigenvalue weighted by atomic mass is 10.2. The second-order valence-corrected chi connectivity index (χ2v) is 4.28. The van der Waals surface area contributed by atoms with Crippen LogP contribution in [0.1, 0.15) is 11.1 Å². The molecule has 21 heavy (non-hydrogen) atoms. The van der Waals surface area contributed by atoms with Gasteiger partial charge in [0.25, 0.3) is 0 Å². The van der Waals surface area contributed by atoms with Gasteiger partial charge >= 0.3 is 5.97 Å². The Hall–Kier alpha value is -2.69. The standard InChI is InChI=1S/C16H12F2O3/c17-13-7-11(8-14(18)9-13)10-21-15-4-2-1-3-12(15)5-6-16(19)20/h1-9H,10H2,(H,19,20)/b6-5+. The second kappa shape index (κ2) is 6.65. The van der Waals surface area contributed by atoms with E-state index in [0.29, 0.717) is 16.9 Å². The van der Waals surface area contributed by atoms with Crippen LogP contribution in [-0.4, -0.2) is 11.1 Å². The Morgan fingerprint density at radius 1 is 1.14 bits per heavy atom. The minimum atomic E-state index is -1.07. The molecule has 5 heteroatoms. The number of para-hydroxylation sites is 1. The van der Waals surface area contributed by atoms with E-state index in [1.165, 1.54) is 18.2 Å². The van der Waals surface area contributed by atoms with E-state index in [1.807, 2.05) is 0 Å². The van der Waals surface area contributed by atoms with Gasteiger partial charge in [0, 0.05) is 17.7 Å². The summed E-state index contributed by atoms with van der Waals surface area (Å²) in [4.78, 5) is 10.5. The highest BCUT2D eigenvalue weighted by atomic mass is 19.1. The van der Waals surface area contributed by atoms with Crippen LogP contribution in [0.5, 0.6) is 5.75 Å². The quantitative estimate of drug-likeness (QED) is 0.855. The van der Waals surface area contributed by atoms with Gasteiger partial charge in [0.15, 0.2) is 0 Å². The third kappa shape index (κ3) is 4.42. The van der Waals surface area contributed by atoms with E-state index >= 15 is 0 Å². The first-order valence-electron chi connectivity index (χ1n) is 6.12. The molecule has 0 aliphatic carbocycles. The van der Waals surface area contributed by atoms with Crippen LogP contribution in [0, 0.1) is 11.6 Å². The predicted octanol–water partition coefficient (Wildman–Crippen LogP) is 3.64. The highest BCUT2D eigenvalue weighted by molar-refractivity contribution is 5.85. The largest absolute Gasteiger partial charge is 0.488 e. The van der Waals surface area contributed by atoms with Gasteiger partial charge in [-0.1, -0.05) is 18.2 Å². The molecule has 0 saturated carbocycles. The normalized spacial score (nSPS) is 10.8. The number of aliphatic carboxylic acids is 1. The van der Waals surface area contributed by atoms with Gasteiger partial charge in [-0.2, -0.15) is 0 Å². The van der Waals surface area contributed by atoms with Crippen LogP contribution in [0.15, 0.2) is 48.5 Å². The first kappa shape index (κ1) is 14.7. The van der Waals surface area contributed by atoms with Crippen LogP contribution in [-0.2, 0) is 11.4 Å². The number of benzene rings is 2. The van der Waals surface area contributed by atoms with Crippen LogP contribution in [0.3, 0.4) is 0 Å². The van der Waals surface area contributed by atoms with Crippen molar-refractivity contribution in [3.05, 3.63) is 71.3 Å². The lowest BCUT2D eigenvalue weighted by Gasteiger charge is -2.09. The molecule has 0 aromatic heterocycles. The zero-order valence-electron chi connectivity index (χ0n) is 10.9. The maximum Gasteiger partial charge on any atom is 0.328 e. The molecule has 0 bridgehead atoms. The number of carboxylic acids is 1. The van der Waals surface area contributed by atoms with E-state index in [-0.39, 0.29) is 6.61 Å². The van der Waals surface area contributed by atoms with E-state index in [2.05, 4.69) is 0 Å². The van der Waals surface area contributed by atoms with Gasteiger partial charge in [-0.15, -0.1) is 0 Å². The number of carbonyl (C=O) groups is 1. The van der Waals surface area contributed by atoms with Gasteiger partial charge in [-0.3, -0.25) is 0 Å². The van der Waals surface area contributed by atoms with Crippen LogP contribution < -0.4 is 4.74 Å². The number of hydrogen-bond donors (Lipinski definition) is 1. The molecule has 0 fully saturated rings. The Balaban J connectivity index is 2.14. The minimum Gasteiger partial charge on any atom is -0.488 e. The molecule has 0 aliphatic heterocycles. The summed E-state index contributed by atoms with van der Waals surface area (Å²) >= 11 is 0. The molecule has 2 rings (SSSR count). The van der Waals surface area contributed by atoms with Crippen molar-refractivity contribution in [1.29, 1.82) is 0 Å². The maximum absolute atomic E-state index is 13.1. The number of hydrogen-bond acceptors (Lipinski definition) is 2. The van der Waals surface area contributed by atoms with Crippen molar-refractivity contribution in [1.82, 2.24) is 0 Å². The molecule has 0 saturated heterocycles. The van der Waals surface area contributed by atoms with E-state index < -0.39 is 17.6 Å². The molecule has 0 spiro atoms. The Bertz CT molecular complexity index is 661. The Morgan fingerprint density at radius 2 is 1.81 bits per heavy atom. The van der Waals surface area contributed by atoms with E-state index in [1.54, 1.807) is 24.3 Å². The molecule has 3 nitrogen and oxygen atoms in total. The summed E-state index contributed by atoms with van der Waals surface area (Å²) in [5.41, 5.74) is 0.918. The highest BCUT2D eigenvalue weighted by Crippen LogP contribution is 2.21. The van der Waals surface area contributed by atoms with Gasteiger partial charge in [0.2, 0.25) is 0 Å². The van der Waals surface area contributed by atoms with Crippen LogP contribution >= 0.6 is 0 Å². The highest BCUT2D eigenvalue weighted by Gasteiger charge is 2.04. The third-order valence-electron chi connectivity index (χ3n) is 2.64. The summed E-state index contributed by atoms with van der Waals surface area (Å²) in [6, 6.07) is 9.93. The van der Waals surface area contributed by atoms with E-state index in [9.17, 15) is 13.6 Å². The van der Waals surface area contributed by atoms with Crippen LogP contribution in [0.2, 0.25) is 0 Å². The summed E-state index contributed by atoms with van der Waals surface area (Å²) in [5, 5.41) is 8.62. The molecule has 0 radical (unpaired) electrons. The second-order valence-electron chi connectivity index (χ2n) is 4.28. The average molecular weight is 290 g/mol. The molecule has 2 aromatic carbocycles. The zero-order valence-corrected chi connectivity index (χ0v) is 10.9. The minimum absolute atomic E-state index is 0.0212. The summed E-state index contributed by atoms with van der Waals surface area (Å²) < 4.78 is 31.6. The zero-order chi connectivity index (χ0) is 15.2. The third-order valence-corrected chi connectivity index (χ3v) is 2.64. The van der Waals surface area contributed by atoms with Crippen LogP contribution in [0.25, 0.3) is 6.08 Å². The lowest BCUT2D eigenvalue weighted by molar-refractivity contribution is -0.131. The van der Waals surface area contributed by atoms with Gasteiger partial charge in [0.05, 0.1) is 0 Å². The fraction of sp³-hybridized carbons (Fsp3) is 0.0625. The number of carboxylic acid groups (broad SMARTS) is 1. The van der Waals surface area contributed by atoms with Gasteiger partial charge in [-0.05, 0) is 29.8 Å². The first-order chi connectivity index (χ1) is 10.0. The SMILES string of the molecule is O=C(O)/C=C/c1ccccc1OCc1cc(F)cc(F)c1. The Morgan fingerprint density at radius 3 is 2.48 bits per heavy atom. The first-order valence-corrected chi connectivity index (χ1v) is 6.12. The Kier molecular flexibility index (Phi) is 4.66. The number of ether oxygens (including phenoxy) is 1. The molecule has 108 valence electrons. The molecule has 0 aliphatic rings. The fourth-order valence-corrected chi connectivity index (χ4v) is 1.77. The molecule has 0 amide bonds. The summed E-state index contributed by atoms with van der Waals surface area (Å²) in [7, 11) is 0. The van der Waals surface area contributed by atoms with Crippen molar-refractivity contribution in [2.24, 2.45) is 0 Å². The van der Waals surface area contributed by atoms with Crippen molar-refractivity contribution in [3.63, 3.8) is 0 Å². The smallest absolute Gasteiger partial charge is 0.328 e. The average Bonchev–Trinajstić information content (AvgIpc) is 2.42. The number of halogens is 2. The molecular weight excluding hydrogens is 278 g/mol. The van der Waals surface area contributed by atoms with Crippen molar-refractivity contribution in [2.75, 3.05) is 0 Å². The monoisotopic (exact) mass is 290 g/mol. The molecule has 1 N–H and O–H groups in total. The van der Waals surface area contributed by atoms with Crippen molar-refractivity contribution in [2.45, 2.75) is 6.61 Å². The van der Waals surface area contributed by atoms with Crippen molar-refractivity contribution < 1.29 is 23.4 Å². The molecular formula is C16H12F2O3. The lowest BCUT2D eigenvalue weighted by Crippen LogP contribution is -1.98. The summed E-state index contributed by atoms with van der Waals surface area (Å²) in [6.45, 7) is -0.0212.